The number of nitrogens with two attached hydrogens (primary N) is 1. The van der Waals surface area contributed by atoms with Gasteiger partial charge in [-0.1, -0.05) is 24.3 Å². The van der Waals surface area contributed by atoms with Crippen LogP contribution < -0.4 is 10.5 Å². The van der Waals surface area contributed by atoms with Gasteiger partial charge in [-0.15, -0.1) is 0 Å². The lowest BCUT2D eigenvalue weighted by molar-refractivity contribution is 0.398. The molecule has 0 saturated carbocycles. The van der Waals surface area contributed by atoms with Crippen LogP contribution in [0.2, 0.25) is 0 Å². The van der Waals surface area contributed by atoms with Crippen molar-refractivity contribution in [1.82, 2.24) is 14.5 Å². The number of pyridine rings is 1. The number of aromatic nitrogens is 3. The maximum atomic E-state index is 6.13. The highest BCUT2D eigenvalue weighted by Crippen LogP contribution is 2.34. The van der Waals surface area contributed by atoms with Crippen molar-refractivity contribution in [3.63, 3.8) is 0 Å². The van der Waals surface area contributed by atoms with Gasteiger partial charge in [-0.3, -0.25) is 4.57 Å². The van der Waals surface area contributed by atoms with Crippen LogP contribution in [0.3, 0.4) is 0 Å². The molecule has 0 unspecified atom stereocenters. The molecule has 5 nitrogen and oxygen atoms in total. The zero-order valence-electron chi connectivity index (χ0n) is 11.8. The van der Waals surface area contributed by atoms with Crippen LogP contribution in [0.1, 0.15) is 17.2 Å². The van der Waals surface area contributed by atoms with Gasteiger partial charge in [-0.2, -0.15) is 4.98 Å². The molecule has 2 heterocycles. The third kappa shape index (κ3) is 1.85. The Labute approximate surface area is 122 Å². The molecule has 0 saturated heterocycles. The number of anilines is 1. The average molecular weight is 280 g/mol. The van der Waals surface area contributed by atoms with Crippen molar-refractivity contribution in [2.45, 2.75) is 18.9 Å². The Balaban J connectivity index is 1.82. The quantitative estimate of drug-likeness (QED) is 0.782. The second-order valence-corrected chi connectivity index (χ2v) is 5.37. The Hall–Kier alpha value is -2.56. The van der Waals surface area contributed by atoms with Gasteiger partial charge in [0.15, 0.2) is 5.65 Å². The molecule has 0 fully saturated rings. The first-order chi connectivity index (χ1) is 10.3. The van der Waals surface area contributed by atoms with Crippen LogP contribution in [0.25, 0.3) is 11.2 Å². The molecule has 1 aliphatic carbocycles. The first-order valence-electron chi connectivity index (χ1n) is 7.01. The molecule has 3 aromatic rings. The van der Waals surface area contributed by atoms with Crippen molar-refractivity contribution in [2.24, 2.45) is 0 Å². The molecule has 2 aromatic heterocycles. The third-order valence-electron chi connectivity index (χ3n) is 4.14. The van der Waals surface area contributed by atoms with E-state index in [0.717, 1.165) is 24.0 Å². The fourth-order valence-electron chi connectivity index (χ4n) is 3.17. The summed E-state index contributed by atoms with van der Waals surface area (Å²) in [6, 6.07) is 12.5. The molecule has 0 spiro atoms. The molecular weight excluding hydrogens is 264 g/mol. The van der Waals surface area contributed by atoms with Gasteiger partial charge in [-0.05, 0) is 30.0 Å². The van der Waals surface area contributed by atoms with E-state index in [1.165, 1.54) is 11.1 Å². The number of hydrogen-bond donors (Lipinski definition) is 1. The zero-order chi connectivity index (χ0) is 14.4. The zero-order valence-corrected chi connectivity index (χ0v) is 11.8. The molecule has 2 N–H and O–H groups in total. The maximum absolute atomic E-state index is 6.13. The lowest BCUT2D eigenvalue weighted by atomic mass is 10.1. The molecule has 0 atom stereocenters. The Morgan fingerprint density at radius 1 is 1.10 bits per heavy atom. The minimum absolute atomic E-state index is 0.270. The van der Waals surface area contributed by atoms with E-state index in [-0.39, 0.29) is 6.04 Å². The lowest BCUT2D eigenvalue weighted by Gasteiger charge is -2.13. The van der Waals surface area contributed by atoms with Crippen LogP contribution >= 0.6 is 0 Å². The SMILES string of the molecule is COc1ccc2nc(N)n(C3Cc4ccccc4C3)c2n1. The molecule has 0 amide bonds. The molecule has 106 valence electrons. The summed E-state index contributed by atoms with van der Waals surface area (Å²) >= 11 is 0. The lowest BCUT2D eigenvalue weighted by Crippen LogP contribution is -2.12. The van der Waals surface area contributed by atoms with Crippen LogP contribution in [0.5, 0.6) is 5.88 Å². The van der Waals surface area contributed by atoms with Gasteiger partial charge in [-0.25, -0.2) is 4.98 Å². The van der Waals surface area contributed by atoms with E-state index in [2.05, 4.69) is 34.2 Å². The molecule has 5 heteroatoms. The van der Waals surface area contributed by atoms with Crippen molar-refractivity contribution in [3.8, 4) is 5.88 Å². The first-order valence-corrected chi connectivity index (χ1v) is 7.01. The van der Waals surface area contributed by atoms with Gasteiger partial charge in [0.25, 0.3) is 0 Å². The molecule has 1 aromatic carbocycles. The number of imidazole rings is 1. The van der Waals surface area contributed by atoms with Crippen LogP contribution in [-0.4, -0.2) is 21.6 Å². The van der Waals surface area contributed by atoms with Gasteiger partial charge in [0.1, 0.15) is 5.52 Å². The number of hydrogen-bond acceptors (Lipinski definition) is 4. The molecule has 0 radical (unpaired) electrons. The molecule has 21 heavy (non-hydrogen) atoms. The summed E-state index contributed by atoms with van der Waals surface area (Å²) in [5.74, 6) is 1.10. The van der Waals surface area contributed by atoms with E-state index < -0.39 is 0 Å². The number of fused-ring (bicyclic) bond motifs is 2. The summed E-state index contributed by atoms with van der Waals surface area (Å²) in [7, 11) is 1.61. The van der Waals surface area contributed by atoms with E-state index in [9.17, 15) is 0 Å². The van der Waals surface area contributed by atoms with Crippen molar-refractivity contribution in [1.29, 1.82) is 0 Å². The smallest absolute Gasteiger partial charge is 0.215 e. The predicted octanol–water partition coefficient (Wildman–Crippen LogP) is 2.36. The van der Waals surface area contributed by atoms with Crippen LogP contribution in [0.4, 0.5) is 5.95 Å². The molecule has 0 aliphatic heterocycles. The number of ether oxygens (including phenoxy) is 1. The fourth-order valence-corrected chi connectivity index (χ4v) is 3.17. The third-order valence-corrected chi connectivity index (χ3v) is 4.14. The first kappa shape index (κ1) is 12.2. The highest BCUT2D eigenvalue weighted by molar-refractivity contribution is 5.75. The van der Waals surface area contributed by atoms with E-state index >= 15 is 0 Å². The Morgan fingerprint density at radius 3 is 2.48 bits per heavy atom. The summed E-state index contributed by atoms with van der Waals surface area (Å²) in [6.07, 6.45) is 1.93. The van der Waals surface area contributed by atoms with E-state index in [0.29, 0.717) is 11.8 Å². The molecule has 1 aliphatic rings. The topological polar surface area (TPSA) is 66.0 Å². The van der Waals surface area contributed by atoms with E-state index in [4.69, 9.17) is 10.5 Å². The number of rotatable bonds is 2. The van der Waals surface area contributed by atoms with Crippen molar-refractivity contribution >= 4 is 17.1 Å². The number of nitrogen functional groups attached to an aromatic ring is 1. The summed E-state index contributed by atoms with van der Waals surface area (Å²) in [5.41, 5.74) is 10.5. The minimum Gasteiger partial charge on any atom is -0.481 e. The van der Waals surface area contributed by atoms with Crippen molar-refractivity contribution in [2.75, 3.05) is 12.8 Å². The second kappa shape index (κ2) is 4.48. The van der Waals surface area contributed by atoms with Crippen molar-refractivity contribution in [3.05, 3.63) is 47.5 Å². The predicted molar refractivity (Wildman–Crippen MR) is 81.4 cm³/mol. The minimum atomic E-state index is 0.270. The average Bonchev–Trinajstić information content (AvgIpc) is 3.05. The monoisotopic (exact) mass is 280 g/mol. The van der Waals surface area contributed by atoms with Gasteiger partial charge in [0, 0.05) is 12.1 Å². The van der Waals surface area contributed by atoms with Crippen LogP contribution in [0.15, 0.2) is 36.4 Å². The van der Waals surface area contributed by atoms with Gasteiger partial charge in [0.2, 0.25) is 11.8 Å². The van der Waals surface area contributed by atoms with Gasteiger partial charge >= 0.3 is 0 Å². The van der Waals surface area contributed by atoms with Crippen molar-refractivity contribution < 1.29 is 4.74 Å². The molecular formula is C16H16N4O. The number of benzene rings is 1. The van der Waals surface area contributed by atoms with Crippen LogP contribution in [0, 0.1) is 0 Å². The summed E-state index contributed by atoms with van der Waals surface area (Å²) in [6.45, 7) is 0. The standard InChI is InChI=1S/C16H16N4O/c1-21-14-7-6-13-15(19-14)20(16(17)18-13)12-8-10-4-2-3-5-11(10)9-12/h2-7,12H,8-9H2,1H3,(H2,17,18). The highest BCUT2D eigenvalue weighted by atomic mass is 16.5. The number of methoxy groups -OCH3 is 1. The number of nitrogens with zero attached hydrogens (tertiary/aromatic N) is 3. The summed E-state index contributed by atoms with van der Waals surface area (Å²) in [4.78, 5) is 8.94. The normalized spacial score (nSPS) is 14.5. The van der Waals surface area contributed by atoms with E-state index in [1.54, 1.807) is 7.11 Å². The van der Waals surface area contributed by atoms with E-state index in [1.807, 2.05) is 16.7 Å². The summed E-state index contributed by atoms with van der Waals surface area (Å²) in [5, 5.41) is 0. The van der Waals surface area contributed by atoms with Gasteiger partial charge < -0.3 is 10.5 Å². The van der Waals surface area contributed by atoms with Gasteiger partial charge in [0.05, 0.1) is 7.11 Å². The van der Waals surface area contributed by atoms with Crippen LogP contribution in [-0.2, 0) is 12.8 Å². The molecule has 4 rings (SSSR count). The highest BCUT2D eigenvalue weighted by Gasteiger charge is 2.26. The molecule has 0 bridgehead atoms. The Morgan fingerprint density at radius 2 is 1.81 bits per heavy atom. The summed E-state index contributed by atoms with van der Waals surface area (Å²) < 4.78 is 7.26. The second-order valence-electron chi connectivity index (χ2n) is 5.37. The fraction of sp³-hybridized carbons (Fsp3) is 0.250. The Bertz CT molecular complexity index is 799. The maximum Gasteiger partial charge on any atom is 0.215 e. The Kier molecular flexibility index (Phi) is 2.60. The largest absolute Gasteiger partial charge is 0.481 e.